The Morgan fingerprint density at radius 1 is 1.41 bits per heavy atom. The fraction of sp³-hybridized carbons (Fsp3) is 0.917. The van der Waals surface area contributed by atoms with E-state index < -0.39 is 0 Å². The van der Waals surface area contributed by atoms with E-state index in [1.54, 1.807) is 0 Å². The van der Waals surface area contributed by atoms with Crippen LogP contribution in [-0.4, -0.2) is 50.1 Å². The Morgan fingerprint density at radius 2 is 2.18 bits per heavy atom. The maximum absolute atomic E-state index is 4.40. The Hall–Kier alpha value is -0.0400. The topological polar surface area (TPSA) is 39.7 Å². The molecule has 2 aliphatic heterocycles. The van der Waals surface area contributed by atoms with E-state index in [1.165, 1.54) is 25.9 Å². The zero-order valence-corrected chi connectivity index (χ0v) is 13.1. The van der Waals surface area contributed by atoms with Crippen molar-refractivity contribution >= 4 is 29.9 Å². The Labute approximate surface area is 122 Å². The normalized spacial score (nSPS) is 22.3. The van der Waals surface area contributed by atoms with Crippen LogP contribution in [0, 0.1) is 5.92 Å². The Balaban J connectivity index is 0.00000144. The van der Waals surface area contributed by atoms with Gasteiger partial charge in [-0.3, -0.25) is 4.99 Å². The quantitative estimate of drug-likeness (QED) is 0.752. The van der Waals surface area contributed by atoms with Crippen LogP contribution in [0.1, 0.15) is 26.2 Å². The summed E-state index contributed by atoms with van der Waals surface area (Å²) in [6, 6.07) is 0. The first-order valence-corrected chi connectivity index (χ1v) is 6.59. The summed E-state index contributed by atoms with van der Waals surface area (Å²) in [7, 11) is 0. The molecule has 4 nitrogen and oxygen atoms in total. The van der Waals surface area contributed by atoms with Crippen molar-refractivity contribution < 1.29 is 0 Å². The summed E-state index contributed by atoms with van der Waals surface area (Å²) in [6.07, 6.45) is 3.88. The minimum absolute atomic E-state index is 0. The molecule has 0 radical (unpaired) electrons. The van der Waals surface area contributed by atoms with Crippen molar-refractivity contribution in [2.75, 3.05) is 39.3 Å². The number of guanidine groups is 1. The van der Waals surface area contributed by atoms with Crippen LogP contribution in [0.15, 0.2) is 4.99 Å². The first-order chi connectivity index (χ1) is 7.84. The van der Waals surface area contributed by atoms with Gasteiger partial charge in [0.25, 0.3) is 0 Å². The highest BCUT2D eigenvalue weighted by Gasteiger charge is 2.14. The second-order valence-corrected chi connectivity index (χ2v) is 4.96. The molecule has 0 amide bonds. The van der Waals surface area contributed by atoms with E-state index in [0.717, 1.165) is 44.5 Å². The van der Waals surface area contributed by atoms with Crippen LogP contribution in [-0.2, 0) is 0 Å². The van der Waals surface area contributed by atoms with Gasteiger partial charge in [-0.2, -0.15) is 0 Å². The van der Waals surface area contributed by atoms with Gasteiger partial charge in [-0.25, -0.2) is 0 Å². The smallest absolute Gasteiger partial charge is 0.191 e. The van der Waals surface area contributed by atoms with Gasteiger partial charge >= 0.3 is 0 Å². The zero-order valence-electron chi connectivity index (χ0n) is 10.7. The lowest BCUT2D eigenvalue weighted by Crippen LogP contribution is -2.45. The van der Waals surface area contributed by atoms with Gasteiger partial charge in [0.15, 0.2) is 5.96 Å². The van der Waals surface area contributed by atoms with Crippen molar-refractivity contribution in [1.82, 2.24) is 15.5 Å². The number of rotatable bonds is 3. The first kappa shape index (κ1) is 15.0. The highest BCUT2D eigenvalue weighted by Crippen LogP contribution is 2.14. The van der Waals surface area contributed by atoms with Crippen molar-refractivity contribution in [1.29, 1.82) is 0 Å². The van der Waals surface area contributed by atoms with Gasteiger partial charge in [0.2, 0.25) is 0 Å². The number of nitrogens with one attached hydrogen (secondary N) is 2. The number of hydrogen-bond acceptors (Lipinski definition) is 4. The molecular weight excluding hydrogens is 327 g/mol. The summed E-state index contributed by atoms with van der Waals surface area (Å²) >= 11 is 0. The summed E-state index contributed by atoms with van der Waals surface area (Å²) < 4.78 is 0. The lowest BCUT2D eigenvalue weighted by atomic mass is 9.99. The van der Waals surface area contributed by atoms with Crippen LogP contribution in [0.2, 0.25) is 0 Å². The number of likely N-dealkylation sites (tertiary alicyclic amines) is 1. The third-order valence-electron chi connectivity index (χ3n) is 3.49. The van der Waals surface area contributed by atoms with Crippen molar-refractivity contribution in [2.24, 2.45) is 10.9 Å². The van der Waals surface area contributed by atoms with Gasteiger partial charge in [0, 0.05) is 26.2 Å². The third kappa shape index (κ3) is 5.42. The Morgan fingerprint density at radius 3 is 2.82 bits per heavy atom. The average molecular weight is 352 g/mol. The van der Waals surface area contributed by atoms with Crippen LogP contribution >= 0.6 is 24.0 Å². The molecule has 0 saturated carbocycles. The predicted molar refractivity (Wildman–Crippen MR) is 83.2 cm³/mol. The third-order valence-corrected chi connectivity index (χ3v) is 3.49. The fourth-order valence-corrected chi connectivity index (χ4v) is 2.27. The number of halogens is 1. The highest BCUT2D eigenvalue weighted by molar-refractivity contribution is 14.0. The zero-order chi connectivity index (χ0) is 11.2. The monoisotopic (exact) mass is 352 g/mol. The van der Waals surface area contributed by atoms with Crippen molar-refractivity contribution in [2.45, 2.75) is 26.2 Å². The van der Waals surface area contributed by atoms with E-state index in [0.29, 0.717) is 0 Å². The number of nitrogens with zero attached hydrogens (tertiary/aromatic N) is 2. The molecule has 17 heavy (non-hydrogen) atoms. The molecule has 0 aliphatic carbocycles. The maximum Gasteiger partial charge on any atom is 0.191 e. The highest BCUT2D eigenvalue weighted by atomic mass is 127. The Kier molecular flexibility index (Phi) is 7.18. The molecule has 5 heteroatoms. The van der Waals surface area contributed by atoms with Crippen LogP contribution < -0.4 is 10.6 Å². The van der Waals surface area contributed by atoms with Gasteiger partial charge in [0.05, 0.1) is 0 Å². The lowest BCUT2D eigenvalue weighted by Gasteiger charge is -2.30. The lowest BCUT2D eigenvalue weighted by molar-refractivity contribution is 0.195. The van der Waals surface area contributed by atoms with E-state index in [4.69, 9.17) is 0 Å². The first-order valence-electron chi connectivity index (χ1n) is 6.59. The molecule has 2 heterocycles. The second kappa shape index (κ2) is 8.13. The molecule has 100 valence electrons. The Bertz CT molecular complexity index is 237. The van der Waals surface area contributed by atoms with E-state index in [1.807, 2.05) is 0 Å². The number of aliphatic imine (C=N–C) groups is 1. The van der Waals surface area contributed by atoms with Gasteiger partial charge in [-0.1, -0.05) is 6.92 Å². The van der Waals surface area contributed by atoms with Crippen molar-refractivity contribution in [3.05, 3.63) is 0 Å². The molecule has 2 N–H and O–H groups in total. The molecule has 0 atom stereocenters. The minimum atomic E-state index is 0. The molecule has 2 aliphatic rings. The van der Waals surface area contributed by atoms with E-state index in [2.05, 4.69) is 27.4 Å². The molecule has 0 bridgehead atoms. The van der Waals surface area contributed by atoms with Crippen LogP contribution in [0.25, 0.3) is 0 Å². The largest absolute Gasteiger partial charge is 0.356 e. The standard InChI is InChI=1S/C12H24N4.HI/c1-11-3-8-16(9-4-11)10-7-15-12-13-5-2-6-14-12;/h11H,2-10H2,1H3,(H2,13,14,15);1H. The molecule has 1 saturated heterocycles. The summed E-state index contributed by atoms with van der Waals surface area (Å²) in [6.45, 7) is 9.08. The van der Waals surface area contributed by atoms with E-state index >= 15 is 0 Å². The summed E-state index contributed by atoms with van der Waals surface area (Å²) in [5.41, 5.74) is 0. The minimum Gasteiger partial charge on any atom is -0.356 e. The molecular formula is C12H25IN4. The molecule has 0 spiro atoms. The van der Waals surface area contributed by atoms with Crippen LogP contribution in [0.3, 0.4) is 0 Å². The predicted octanol–water partition coefficient (Wildman–Crippen LogP) is 1.28. The fourth-order valence-electron chi connectivity index (χ4n) is 2.27. The van der Waals surface area contributed by atoms with Gasteiger partial charge in [-0.15, -0.1) is 24.0 Å². The summed E-state index contributed by atoms with van der Waals surface area (Å²) in [5, 5.41) is 6.66. The number of hydrogen-bond donors (Lipinski definition) is 2. The summed E-state index contributed by atoms with van der Waals surface area (Å²) in [4.78, 5) is 6.95. The molecule has 0 aromatic rings. The van der Waals surface area contributed by atoms with Crippen molar-refractivity contribution in [3.8, 4) is 0 Å². The maximum atomic E-state index is 4.40. The van der Waals surface area contributed by atoms with Crippen molar-refractivity contribution in [3.63, 3.8) is 0 Å². The van der Waals surface area contributed by atoms with Crippen LogP contribution in [0.5, 0.6) is 0 Å². The molecule has 0 aromatic carbocycles. The SMILES string of the molecule is CC1CCN(CCNC2=NCCCN2)CC1.I. The van der Waals surface area contributed by atoms with Crippen LogP contribution in [0.4, 0.5) is 0 Å². The molecule has 0 aromatic heterocycles. The second-order valence-electron chi connectivity index (χ2n) is 4.96. The van der Waals surface area contributed by atoms with Gasteiger partial charge < -0.3 is 15.5 Å². The molecule has 1 fully saturated rings. The van der Waals surface area contributed by atoms with Gasteiger partial charge in [0.1, 0.15) is 0 Å². The summed E-state index contributed by atoms with van der Waals surface area (Å²) in [5.74, 6) is 1.92. The average Bonchev–Trinajstić information content (AvgIpc) is 2.33. The van der Waals surface area contributed by atoms with E-state index in [-0.39, 0.29) is 24.0 Å². The van der Waals surface area contributed by atoms with E-state index in [9.17, 15) is 0 Å². The molecule has 2 rings (SSSR count). The number of piperidine rings is 1. The van der Waals surface area contributed by atoms with Gasteiger partial charge in [-0.05, 0) is 38.3 Å². The molecule has 0 unspecified atom stereocenters.